The Kier molecular flexibility index (Phi) is 7.20. The van der Waals surface area contributed by atoms with Crippen molar-refractivity contribution in [2.24, 2.45) is 5.92 Å². The number of amides is 2. The van der Waals surface area contributed by atoms with Crippen molar-refractivity contribution in [1.29, 1.82) is 0 Å². The largest absolute Gasteiger partial charge is 0.466 e. The number of nitrogens with zero attached hydrogens (tertiary/aromatic N) is 2. The number of carbonyl (C=O) groups is 3. The highest BCUT2D eigenvalue weighted by molar-refractivity contribution is 7.17. The molecule has 3 rings (SSSR count). The summed E-state index contributed by atoms with van der Waals surface area (Å²) in [7, 11) is 1.58. The van der Waals surface area contributed by atoms with E-state index in [4.69, 9.17) is 4.74 Å². The van der Waals surface area contributed by atoms with Gasteiger partial charge in [0, 0.05) is 30.6 Å². The van der Waals surface area contributed by atoms with Gasteiger partial charge in [0.15, 0.2) is 0 Å². The molecule has 0 radical (unpaired) electrons. The number of hydrogen-bond donors (Lipinski definition) is 0. The molecule has 1 saturated heterocycles. The summed E-state index contributed by atoms with van der Waals surface area (Å²) < 4.78 is 19.0. The summed E-state index contributed by atoms with van der Waals surface area (Å²) in [5.74, 6) is -1.15. The molecule has 2 amide bonds. The van der Waals surface area contributed by atoms with E-state index < -0.39 is 0 Å². The molecule has 0 N–H and O–H groups in total. The maximum absolute atomic E-state index is 14.0. The summed E-state index contributed by atoms with van der Waals surface area (Å²) in [6, 6.07) is 9.78. The van der Waals surface area contributed by atoms with E-state index in [9.17, 15) is 18.8 Å². The molecule has 1 aliphatic rings. The Bertz CT molecular complexity index is 921. The van der Waals surface area contributed by atoms with Crippen molar-refractivity contribution in [3.05, 3.63) is 47.1 Å². The molecule has 0 spiro atoms. The Morgan fingerprint density at radius 1 is 1.17 bits per heavy atom. The van der Waals surface area contributed by atoms with E-state index in [0.29, 0.717) is 47.9 Å². The quantitative estimate of drug-likeness (QED) is 0.656. The molecule has 2 heterocycles. The normalized spacial score (nSPS) is 14.4. The third-order valence-corrected chi connectivity index (χ3v) is 6.25. The van der Waals surface area contributed by atoms with Gasteiger partial charge in [-0.3, -0.25) is 14.4 Å². The first-order chi connectivity index (χ1) is 14.4. The zero-order valence-corrected chi connectivity index (χ0v) is 17.9. The van der Waals surface area contributed by atoms with Crippen LogP contribution in [0, 0.1) is 11.7 Å². The van der Waals surface area contributed by atoms with Crippen LogP contribution in [0.2, 0.25) is 0 Å². The number of benzene rings is 1. The van der Waals surface area contributed by atoms with Crippen LogP contribution < -0.4 is 0 Å². The highest BCUT2D eigenvalue weighted by Gasteiger charge is 2.29. The molecule has 1 aliphatic heterocycles. The highest BCUT2D eigenvalue weighted by atomic mass is 32.1. The van der Waals surface area contributed by atoms with Gasteiger partial charge in [-0.1, -0.05) is 18.2 Å². The number of likely N-dealkylation sites (tertiary alicyclic amines) is 1. The first-order valence-corrected chi connectivity index (χ1v) is 10.8. The minimum absolute atomic E-state index is 0.0458. The third-order valence-electron chi connectivity index (χ3n) is 5.14. The van der Waals surface area contributed by atoms with Crippen molar-refractivity contribution in [3.8, 4) is 10.4 Å². The van der Waals surface area contributed by atoms with E-state index in [-0.39, 0.29) is 36.1 Å². The lowest BCUT2D eigenvalue weighted by Crippen LogP contribution is -2.45. The zero-order chi connectivity index (χ0) is 21.7. The monoisotopic (exact) mass is 432 g/mol. The van der Waals surface area contributed by atoms with Crippen LogP contribution in [-0.2, 0) is 14.3 Å². The minimum atomic E-state index is -0.340. The number of rotatable bonds is 6. The highest BCUT2D eigenvalue weighted by Crippen LogP contribution is 2.30. The molecule has 1 aromatic carbocycles. The van der Waals surface area contributed by atoms with Gasteiger partial charge in [-0.2, -0.15) is 0 Å². The van der Waals surface area contributed by atoms with Gasteiger partial charge in [0.25, 0.3) is 5.91 Å². The van der Waals surface area contributed by atoms with E-state index in [1.807, 2.05) is 0 Å². The number of thiophene rings is 1. The maximum Gasteiger partial charge on any atom is 0.309 e. The summed E-state index contributed by atoms with van der Waals surface area (Å²) in [4.78, 5) is 41.3. The lowest BCUT2D eigenvalue weighted by Gasteiger charge is -2.32. The van der Waals surface area contributed by atoms with E-state index in [1.54, 1.807) is 49.2 Å². The Morgan fingerprint density at radius 3 is 2.53 bits per heavy atom. The topological polar surface area (TPSA) is 66.9 Å². The molecular formula is C22H25FN2O4S. The van der Waals surface area contributed by atoms with Gasteiger partial charge in [0.05, 0.1) is 23.9 Å². The Balaban J connectivity index is 1.55. The minimum Gasteiger partial charge on any atom is -0.466 e. The van der Waals surface area contributed by atoms with E-state index in [0.717, 1.165) is 0 Å². The van der Waals surface area contributed by atoms with E-state index >= 15 is 0 Å². The van der Waals surface area contributed by atoms with Gasteiger partial charge in [0.1, 0.15) is 5.82 Å². The average molecular weight is 433 g/mol. The first-order valence-electron chi connectivity index (χ1n) is 9.95. The van der Waals surface area contributed by atoms with Gasteiger partial charge in [0.2, 0.25) is 5.91 Å². The smallest absolute Gasteiger partial charge is 0.309 e. The fourth-order valence-corrected chi connectivity index (χ4v) is 4.47. The predicted molar refractivity (Wildman–Crippen MR) is 113 cm³/mol. The second kappa shape index (κ2) is 9.84. The van der Waals surface area contributed by atoms with Crippen molar-refractivity contribution in [2.75, 3.05) is 33.3 Å². The molecule has 0 saturated carbocycles. The van der Waals surface area contributed by atoms with Crippen LogP contribution >= 0.6 is 11.3 Å². The van der Waals surface area contributed by atoms with Crippen molar-refractivity contribution >= 4 is 29.1 Å². The summed E-state index contributed by atoms with van der Waals surface area (Å²) in [5, 5.41) is 0. The van der Waals surface area contributed by atoms with Gasteiger partial charge < -0.3 is 14.5 Å². The molecule has 1 aromatic heterocycles. The number of likely N-dealkylation sites (N-methyl/N-ethyl adjacent to an activating group) is 1. The van der Waals surface area contributed by atoms with Crippen LogP contribution in [0.25, 0.3) is 10.4 Å². The Labute approximate surface area is 179 Å². The lowest BCUT2D eigenvalue weighted by atomic mass is 9.97. The molecule has 0 aliphatic carbocycles. The molecule has 2 aromatic rings. The number of piperidine rings is 1. The standard InChI is InChI=1S/C22H25FN2O4S/c1-3-29-22(28)15-10-12-25(13-11-15)20(26)14-24(2)21(27)19-9-8-18(30-19)16-6-4-5-7-17(16)23/h4-9,15H,3,10-14H2,1-2H3. The number of carbonyl (C=O) groups excluding carboxylic acids is 3. The molecule has 0 unspecified atom stereocenters. The van der Waals surface area contributed by atoms with Crippen LogP contribution in [0.1, 0.15) is 29.4 Å². The zero-order valence-electron chi connectivity index (χ0n) is 17.1. The van der Waals surface area contributed by atoms with Crippen LogP contribution in [0.5, 0.6) is 0 Å². The molecule has 160 valence electrons. The second-order valence-corrected chi connectivity index (χ2v) is 8.30. The molecule has 1 fully saturated rings. The van der Waals surface area contributed by atoms with Crippen LogP contribution in [0.15, 0.2) is 36.4 Å². The molecule has 0 atom stereocenters. The molecule has 30 heavy (non-hydrogen) atoms. The molecule has 8 heteroatoms. The molecule has 0 bridgehead atoms. The van der Waals surface area contributed by atoms with E-state index in [2.05, 4.69) is 0 Å². The third kappa shape index (κ3) is 5.05. The van der Waals surface area contributed by atoms with Crippen LogP contribution in [-0.4, -0.2) is 60.9 Å². The predicted octanol–water partition coefficient (Wildman–Crippen LogP) is 3.43. The summed E-state index contributed by atoms with van der Waals surface area (Å²) in [6.07, 6.45) is 1.14. The van der Waals surface area contributed by atoms with Crippen molar-refractivity contribution in [2.45, 2.75) is 19.8 Å². The second-order valence-electron chi connectivity index (χ2n) is 7.21. The Hall–Kier alpha value is -2.74. The number of halogens is 1. The molecule has 6 nitrogen and oxygen atoms in total. The summed E-state index contributed by atoms with van der Waals surface area (Å²) in [6.45, 7) is 3.03. The van der Waals surface area contributed by atoms with E-state index in [1.165, 1.54) is 22.3 Å². The number of hydrogen-bond acceptors (Lipinski definition) is 5. The van der Waals surface area contributed by atoms with Gasteiger partial charge in [-0.05, 0) is 38.0 Å². The van der Waals surface area contributed by atoms with Crippen molar-refractivity contribution in [3.63, 3.8) is 0 Å². The van der Waals surface area contributed by atoms with Crippen molar-refractivity contribution < 1.29 is 23.5 Å². The Morgan fingerprint density at radius 2 is 1.87 bits per heavy atom. The maximum atomic E-state index is 14.0. The lowest BCUT2D eigenvalue weighted by molar-refractivity contribution is -0.151. The number of esters is 1. The summed E-state index contributed by atoms with van der Waals surface area (Å²) in [5.41, 5.74) is 0.449. The molecular weight excluding hydrogens is 407 g/mol. The fraction of sp³-hybridized carbons (Fsp3) is 0.409. The average Bonchev–Trinajstić information content (AvgIpc) is 3.23. The fourth-order valence-electron chi connectivity index (χ4n) is 3.45. The SMILES string of the molecule is CCOC(=O)C1CCN(C(=O)CN(C)C(=O)c2ccc(-c3ccccc3F)s2)CC1. The van der Waals surface area contributed by atoms with Crippen LogP contribution in [0.3, 0.4) is 0 Å². The number of ether oxygens (including phenoxy) is 1. The van der Waals surface area contributed by atoms with Gasteiger partial charge in [-0.25, -0.2) is 4.39 Å². The van der Waals surface area contributed by atoms with Crippen molar-refractivity contribution in [1.82, 2.24) is 9.80 Å². The van der Waals surface area contributed by atoms with Gasteiger partial charge >= 0.3 is 5.97 Å². The first kappa shape index (κ1) is 22.0. The van der Waals surface area contributed by atoms with Gasteiger partial charge in [-0.15, -0.1) is 11.3 Å². The van der Waals surface area contributed by atoms with Crippen LogP contribution in [0.4, 0.5) is 4.39 Å². The summed E-state index contributed by atoms with van der Waals surface area (Å²) >= 11 is 1.20.